The third-order valence-corrected chi connectivity index (χ3v) is 4.14. The van der Waals surface area contributed by atoms with Gasteiger partial charge in [0.15, 0.2) is 0 Å². The van der Waals surface area contributed by atoms with Crippen LogP contribution in [0.5, 0.6) is 0 Å². The minimum absolute atomic E-state index is 0.00964. The number of benzene rings is 1. The molecular weight excluding hydrogens is 344 g/mol. The van der Waals surface area contributed by atoms with Crippen LogP contribution >= 0.6 is 0 Å². The molecule has 0 aliphatic rings. The van der Waals surface area contributed by atoms with Crippen molar-refractivity contribution >= 4 is 23.3 Å². The van der Waals surface area contributed by atoms with Gasteiger partial charge in [0.2, 0.25) is 17.6 Å². The third-order valence-electron chi connectivity index (χ3n) is 4.14. The van der Waals surface area contributed by atoms with Crippen LogP contribution in [0.25, 0.3) is 17.0 Å². The standard InChI is InChI=1S/C19H22N6O2/c1-12(2)17(20)18(27)22-10-16(26)23-14-6-4-13(5-7-14)15-11-25-9-3-8-21-19(25)24-15/h3-9,11-12,17H,10,20H2,1-2H3,(H,22,27)(H,23,26)/t17-/m0/s1. The molecule has 0 fully saturated rings. The monoisotopic (exact) mass is 366 g/mol. The third kappa shape index (κ3) is 4.48. The molecule has 140 valence electrons. The minimum Gasteiger partial charge on any atom is -0.346 e. The van der Waals surface area contributed by atoms with Crippen LogP contribution in [0.3, 0.4) is 0 Å². The van der Waals surface area contributed by atoms with Gasteiger partial charge in [-0.25, -0.2) is 9.97 Å². The molecule has 1 aromatic carbocycles. The molecule has 0 spiro atoms. The van der Waals surface area contributed by atoms with Crippen molar-refractivity contribution in [1.29, 1.82) is 0 Å². The maximum Gasteiger partial charge on any atom is 0.243 e. The second-order valence-electron chi connectivity index (χ2n) is 6.57. The van der Waals surface area contributed by atoms with Gasteiger partial charge in [-0.05, 0) is 24.1 Å². The molecule has 27 heavy (non-hydrogen) atoms. The normalized spacial score (nSPS) is 12.1. The van der Waals surface area contributed by atoms with Crippen LogP contribution in [0, 0.1) is 5.92 Å². The molecule has 0 saturated heterocycles. The lowest BCUT2D eigenvalue weighted by Crippen LogP contribution is -2.46. The minimum atomic E-state index is -0.628. The Morgan fingerprint density at radius 3 is 2.63 bits per heavy atom. The van der Waals surface area contributed by atoms with Crippen LogP contribution in [0.15, 0.2) is 48.9 Å². The second kappa shape index (κ2) is 7.96. The van der Waals surface area contributed by atoms with Crippen LogP contribution < -0.4 is 16.4 Å². The highest BCUT2D eigenvalue weighted by molar-refractivity contribution is 5.95. The van der Waals surface area contributed by atoms with Crippen molar-refractivity contribution in [3.8, 4) is 11.3 Å². The molecular formula is C19H22N6O2. The van der Waals surface area contributed by atoms with Gasteiger partial charge in [-0.2, -0.15) is 0 Å². The van der Waals surface area contributed by atoms with Crippen molar-refractivity contribution in [3.05, 3.63) is 48.9 Å². The van der Waals surface area contributed by atoms with Gasteiger partial charge in [0.1, 0.15) is 0 Å². The first-order valence-electron chi connectivity index (χ1n) is 8.67. The summed E-state index contributed by atoms with van der Waals surface area (Å²) in [5.74, 6) is -0.0180. The molecule has 8 heteroatoms. The van der Waals surface area contributed by atoms with E-state index in [0.717, 1.165) is 11.3 Å². The lowest BCUT2D eigenvalue weighted by Gasteiger charge is -2.15. The van der Waals surface area contributed by atoms with Crippen molar-refractivity contribution in [2.45, 2.75) is 19.9 Å². The van der Waals surface area contributed by atoms with E-state index in [1.165, 1.54) is 0 Å². The highest BCUT2D eigenvalue weighted by Gasteiger charge is 2.17. The summed E-state index contributed by atoms with van der Waals surface area (Å²) in [6, 6.07) is 8.51. The Bertz CT molecular complexity index is 915. The molecule has 0 saturated carbocycles. The summed E-state index contributed by atoms with van der Waals surface area (Å²) in [4.78, 5) is 32.4. The lowest BCUT2D eigenvalue weighted by atomic mass is 10.1. The molecule has 2 aromatic heterocycles. The zero-order valence-corrected chi connectivity index (χ0v) is 15.2. The largest absolute Gasteiger partial charge is 0.346 e. The summed E-state index contributed by atoms with van der Waals surface area (Å²) in [6.07, 6.45) is 5.47. The van der Waals surface area contributed by atoms with Crippen LogP contribution in [0.2, 0.25) is 0 Å². The SMILES string of the molecule is CC(C)[C@H](N)C(=O)NCC(=O)Nc1ccc(-c2cn3cccnc3n2)cc1. The Balaban J connectivity index is 1.59. The maximum atomic E-state index is 12.0. The molecule has 0 unspecified atom stereocenters. The second-order valence-corrected chi connectivity index (χ2v) is 6.57. The molecule has 0 aliphatic carbocycles. The first kappa shape index (κ1) is 18.5. The summed E-state index contributed by atoms with van der Waals surface area (Å²) in [5, 5.41) is 5.28. The van der Waals surface area contributed by atoms with Crippen molar-refractivity contribution in [2.75, 3.05) is 11.9 Å². The lowest BCUT2D eigenvalue weighted by molar-refractivity contribution is -0.125. The first-order valence-corrected chi connectivity index (χ1v) is 8.67. The zero-order valence-electron chi connectivity index (χ0n) is 15.2. The average molecular weight is 366 g/mol. The summed E-state index contributed by atoms with van der Waals surface area (Å²) >= 11 is 0. The molecule has 2 amide bonds. The smallest absolute Gasteiger partial charge is 0.243 e. The number of nitrogens with zero attached hydrogens (tertiary/aromatic N) is 3. The van der Waals surface area contributed by atoms with Gasteiger partial charge in [0.25, 0.3) is 0 Å². The number of aromatic nitrogens is 3. The molecule has 3 aromatic rings. The predicted octanol–water partition coefficient (Wildman–Crippen LogP) is 1.43. The summed E-state index contributed by atoms with van der Waals surface area (Å²) in [5.41, 5.74) is 8.08. The topological polar surface area (TPSA) is 114 Å². The van der Waals surface area contributed by atoms with Crippen molar-refractivity contribution in [3.63, 3.8) is 0 Å². The van der Waals surface area contributed by atoms with E-state index in [0.29, 0.717) is 11.5 Å². The number of anilines is 1. The van der Waals surface area contributed by atoms with Gasteiger partial charge in [0.05, 0.1) is 18.3 Å². The van der Waals surface area contributed by atoms with E-state index in [1.54, 1.807) is 18.3 Å². The van der Waals surface area contributed by atoms with Crippen LogP contribution in [0.1, 0.15) is 13.8 Å². The van der Waals surface area contributed by atoms with Crippen molar-refractivity contribution in [2.24, 2.45) is 11.7 Å². The number of carbonyl (C=O) groups is 2. The van der Waals surface area contributed by atoms with E-state index in [-0.39, 0.29) is 24.3 Å². The number of amides is 2. The summed E-state index contributed by atoms with van der Waals surface area (Å²) < 4.78 is 1.84. The summed E-state index contributed by atoms with van der Waals surface area (Å²) in [7, 11) is 0. The highest BCUT2D eigenvalue weighted by atomic mass is 16.2. The quantitative estimate of drug-likeness (QED) is 0.611. The van der Waals surface area contributed by atoms with Gasteiger partial charge in [0, 0.05) is 29.8 Å². The van der Waals surface area contributed by atoms with E-state index in [2.05, 4.69) is 20.6 Å². The van der Waals surface area contributed by atoms with E-state index < -0.39 is 6.04 Å². The number of nitrogens with two attached hydrogens (primary N) is 1. The van der Waals surface area contributed by atoms with Crippen LogP contribution in [0.4, 0.5) is 5.69 Å². The molecule has 0 radical (unpaired) electrons. The molecule has 2 heterocycles. The van der Waals surface area contributed by atoms with E-state index in [9.17, 15) is 9.59 Å². The molecule has 4 N–H and O–H groups in total. The number of rotatable bonds is 6. The van der Waals surface area contributed by atoms with E-state index >= 15 is 0 Å². The highest BCUT2D eigenvalue weighted by Crippen LogP contribution is 2.20. The van der Waals surface area contributed by atoms with Gasteiger partial charge < -0.3 is 16.4 Å². The van der Waals surface area contributed by atoms with E-state index in [1.807, 2.05) is 48.8 Å². The average Bonchev–Trinajstić information content (AvgIpc) is 3.10. The molecule has 8 nitrogen and oxygen atoms in total. The number of fused-ring (bicyclic) bond motifs is 1. The Labute approximate surface area is 156 Å². The maximum absolute atomic E-state index is 12.0. The van der Waals surface area contributed by atoms with Crippen molar-refractivity contribution in [1.82, 2.24) is 19.7 Å². The van der Waals surface area contributed by atoms with Gasteiger partial charge >= 0.3 is 0 Å². The Kier molecular flexibility index (Phi) is 5.46. The Morgan fingerprint density at radius 1 is 1.22 bits per heavy atom. The number of carbonyl (C=O) groups excluding carboxylic acids is 2. The fraction of sp³-hybridized carbons (Fsp3) is 0.263. The van der Waals surface area contributed by atoms with E-state index in [4.69, 9.17) is 5.73 Å². The number of nitrogens with one attached hydrogen (secondary N) is 2. The fourth-order valence-corrected chi connectivity index (χ4v) is 2.49. The van der Waals surface area contributed by atoms with Crippen molar-refractivity contribution < 1.29 is 9.59 Å². The van der Waals surface area contributed by atoms with Gasteiger partial charge in [-0.1, -0.05) is 26.0 Å². The Morgan fingerprint density at radius 2 is 1.96 bits per heavy atom. The molecule has 1 atom stereocenters. The van der Waals surface area contributed by atoms with Crippen LogP contribution in [-0.4, -0.2) is 38.8 Å². The molecule has 0 bridgehead atoms. The van der Waals surface area contributed by atoms with Gasteiger partial charge in [-0.15, -0.1) is 0 Å². The number of imidazole rings is 1. The first-order chi connectivity index (χ1) is 12.9. The molecule has 0 aliphatic heterocycles. The van der Waals surface area contributed by atoms with Gasteiger partial charge in [-0.3, -0.25) is 14.0 Å². The zero-order chi connectivity index (χ0) is 19.4. The predicted molar refractivity (Wildman–Crippen MR) is 103 cm³/mol. The number of hydrogen-bond acceptors (Lipinski definition) is 5. The summed E-state index contributed by atoms with van der Waals surface area (Å²) in [6.45, 7) is 3.58. The Hall–Kier alpha value is -3.26. The fourth-order valence-electron chi connectivity index (χ4n) is 2.49. The number of hydrogen-bond donors (Lipinski definition) is 3. The van der Waals surface area contributed by atoms with Crippen LogP contribution in [-0.2, 0) is 9.59 Å². The molecule has 3 rings (SSSR count).